The van der Waals surface area contributed by atoms with E-state index in [1.54, 1.807) is 11.4 Å². The van der Waals surface area contributed by atoms with Crippen LogP contribution < -0.4 is 10.2 Å². The number of thiazole rings is 1. The number of fused-ring (bicyclic) bond motifs is 1. The van der Waals surface area contributed by atoms with Crippen LogP contribution in [0.3, 0.4) is 0 Å². The van der Waals surface area contributed by atoms with Gasteiger partial charge in [0.1, 0.15) is 5.82 Å². The zero-order valence-corrected chi connectivity index (χ0v) is 17.3. The molecule has 0 spiro atoms. The number of para-hydroxylation sites is 1. The van der Waals surface area contributed by atoms with E-state index < -0.39 is 11.7 Å². The molecule has 30 heavy (non-hydrogen) atoms. The average Bonchev–Trinajstić information content (AvgIpc) is 3.09. The summed E-state index contributed by atoms with van der Waals surface area (Å²) in [4.78, 5) is 33.4. The summed E-state index contributed by atoms with van der Waals surface area (Å²) in [5.74, 6) is -1.17. The summed E-state index contributed by atoms with van der Waals surface area (Å²) in [6.45, 7) is 1.94. The van der Waals surface area contributed by atoms with Crippen molar-refractivity contribution in [2.24, 2.45) is 0 Å². The van der Waals surface area contributed by atoms with Gasteiger partial charge in [-0.25, -0.2) is 9.37 Å². The second-order valence-electron chi connectivity index (χ2n) is 7.12. The molecule has 3 aromatic rings. The number of carbonyl (C=O) groups is 2. The molecule has 0 saturated carbocycles. The Balaban J connectivity index is 1.41. The van der Waals surface area contributed by atoms with E-state index in [-0.39, 0.29) is 17.9 Å². The number of amides is 2. The molecule has 1 aromatic heterocycles. The lowest BCUT2D eigenvalue weighted by molar-refractivity contribution is -0.130. The summed E-state index contributed by atoms with van der Waals surface area (Å²) in [5, 5.41) is 4.68. The number of hydrogen-bond acceptors (Lipinski definition) is 5. The molecule has 4 rings (SSSR count). The molecule has 1 aliphatic rings. The van der Waals surface area contributed by atoms with Gasteiger partial charge in [-0.15, -0.1) is 11.3 Å². The lowest BCUT2D eigenvalue weighted by Gasteiger charge is -2.20. The van der Waals surface area contributed by atoms with Crippen LogP contribution in [0.4, 0.5) is 15.2 Å². The number of likely N-dealkylation sites (N-methyl/N-ethyl adjacent to an activating group) is 1. The van der Waals surface area contributed by atoms with E-state index in [1.165, 1.54) is 29.5 Å². The fourth-order valence-electron chi connectivity index (χ4n) is 3.43. The highest BCUT2D eigenvalue weighted by atomic mass is 32.1. The maximum Gasteiger partial charge on any atom is 0.260 e. The molecule has 1 aliphatic heterocycles. The van der Waals surface area contributed by atoms with Gasteiger partial charge in [0.2, 0.25) is 5.91 Å². The number of halogens is 1. The predicted octanol–water partition coefficient (Wildman–Crippen LogP) is 3.56. The second-order valence-corrected chi connectivity index (χ2v) is 7.98. The van der Waals surface area contributed by atoms with E-state index in [2.05, 4.69) is 21.3 Å². The molecule has 8 heteroatoms. The quantitative estimate of drug-likeness (QED) is 0.696. The molecule has 0 aliphatic carbocycles. The summed E-state index contributed by atoms with van der Waals surface area (Å²) in [6.07, 6.45) is 0.151. The number of nitrogens with one attached hydrogen (secondary N) is 1. The molecular formula is C22H21FN4O2S. The van der Waals surface area contributed by atoms with Gasteiger partial charge in [0.25, 0.3) is 5.91 Å². The molecule has 6 nitrogen and oxygen atoms in total. The van der Waals surface area contributed by atoms with Crippen LogP contribution >= 0.6 is 11.3 Å². The number of anilines is 2. The molecule has 0 atom stereocenters. The van der Waals surface area contributed by atoms with E-state index in [4.69, 9.17) is 0 Å². The van der Waals surface area contributed by atoms with Crippen LogP contribution in [-0.4, -0.2) is 41.8 Å². The van der Waals surface area contributed by atoms with Gasteiger partial charge in [-0.1, -0.05) is 30.3 Å². The average molecular weight is 425 g/mol. The minimum absolute atomic E-state index is 0.0163. The number of hydrogen-bond donors (Lipinski definition) is 1. The molecular weight excluding hydrogens is 403 g/mol. The fraction of sp³-hybridized carbons (Fsp3) is 0.227. The van der Waals surface area contributed by atoms with Crippen molar-refractivity contribution in [1.29, 1.82) is 0 Å². The standard InChI is InChI=1S/C22H21FN4O2S/c1-26-10-11-27(13-15-6-2-5-9-19(15)26)20(28)12-16-14-30-22(24-16)25-21(29)17-7-3-4-8-18(17)23/h2-9,14H,10-13H2,1H3,(H,24,25,29). The minimum Gasteiger partial charge on any atom is -0.373 e. The van der Waals surface area contributed by atoms with Crippen LogP contribution in [0.15, 0.2) is 53.9 Å². The highest BCUT2D eigenvalue weighted by Gasteiger charge is 2.22. The third kappa shape index (κ3) is 4.33. The van der Waals surface area contributed by atoms with Gasteiger partial charge >= 0.3 is 0 Å². The Morgan fingerprint density at radius 1 is 1.13 bits per heavy atom. The molecule has 0 bridgehead atoms. The van der Waals surface area contributed by atoms with Gasteiger partial charge in [-0.05, 0) is 23.8 Å². The Morgan fingerprint density at radius 3 is 2.73 bits per heavy atom. The van der Waals surface area contributed by atoms with Gasteiger partial charge in [-0.2, -0.15) is 0 Å². The van der Waals surface area contributed by atoms with E-state index in [0.29, 0.717) is 23.9 Å². The molecule has 2 aromatic carbocycles. The van der Waals surface area contributed by atoms with Gasteiger partial charge in [0, 0.05) is 37.7 Å². The predicted molar refractivity (Wildman–Crippen MR) is 115 cm³/mol. The number of nitrogens with zero attached hydrogens (tertiary/aromatic N) is 3. The highest BCUT2D eigenvalue weighted by molar-refractivity contribution is 7.14. The summed E-state index contributed by atoms with van der Waals surface area (Å²) >= 11 is 1.22. The first kappa shape index (κ1) is 20.0. The molecule has 0 radical (unpaired) electrons. The van der Waals surface area contributed by atoms with Crippen molar-refractivity contribution in [2.45, 2.75) is 13.0 Å². The summed E-state index contributed by atoms with van der Waals surface area (Å²) in [7, 11) is 2.03. The monoisotopic (exact) mass is 424 g/mol. The largest absolute Gasteiger partial charge is 0.373 e. The fourth-order valence-corrected chi connectivity index (χ4v) is 4.13. The molecule has 0 unspecified atom stereocenters. The molecule has 2 heterocycles. The van der Waals surface area contributed by atoms with Gasteiger partial charge in [-0.3, -0.25) is 14.9 Å². The van der Waals surface area contributed by atoms with E-state index in [0.717, 1.165) is 17.8 Å². The normalized spacial score (nSPS) is 13.5. The van der Waals surface area contributed by atoms with Crippen molar-refractivity contribution >= 4 is 34.0 Å². The lowest BCUT2D eigenvalue weighted by atomic mass is 10.1. The van der Waals surface area contributed by atoms with Crippen molar-refractivity contribution in [3.05, 3.63) is 76.5 Å². The zero-order valence-electron chi connectivity index (χ0n) is 16.5. The first-order valence-electron chi connectivity index (χ1n) is 9.58. The minimum atomic E-state index is -0.589. The van der Waals surface area contributed by atoms with E-state index in [1.807, 2.05) is 30.1 Å². The van der Waals surface area contributed by atoms with Crippen LogP contribution in [-0.2, 0) is 17.8 Å². The topological polar surface area (TPSA) is 65.5 Å². The Hall–Kier alpha value is -3.26. The lowest BCUT2D eigenvalue weighted by Crippen LogP contribution is -2.35. The summed E-state index contributed by atoms with van der Waals surface area (Å²) in [6, 6.07) is 13.9. The maximum atomic E-state index is 13.8. The molecule has 154 valence electrons. The molecule has 0 fully saturated rings. The first-order valence-corrected chi connectivity index (χ1v) is 10.5. The van der Waals surface area contributed by atoms with Crippen LogP contribution in [0.2, 0.25) is 0 Å². The smallest absolute Gasteiger partial charge is 0.260 e. The van der Waals surface area contributed by atoms with Crippen molar-refractivity contribution in [1.82, 2.24) is 9.88 Å². The summed E-state index contributed by atoms with van der Waals surface area (Å²) < 4.78 is 13.8. The highest BCUT2D eigenvalue weighted by Crippen LogP contribution is 2.24. The Kier molecular flexibility index (Phi) is 5.76. The van der Waals surface area contributed by atoms with Crippen LogP contribution in [0.1, 0.15) is 21.6 Å². The Bertz CT molecular complexity index is 1080. The second kappa shape index (κ2) is 8.62. The van der Waals surface area contributed by atoms with E-state index in [9.17, 15) is 14.0 Å². The SMILES string of the molecule is CN1CCN(C(=O)Cc2csc(NC(=O)c3ccccc3F)n2)Cc2ccccc21. The van der Waals surface area contributed by atoms with Crippen molar-refractivity contribution in [3.63, 3.8) is 0 Å². The van der Waals surface area contributed by atoms with Gasteiger partial charge < -0.3 is 9.80 Å². The van der Waals surface area contributed by atoms with Gasteiger partial charge in [0.05, 0.1) is 17.7 Å². The van der Waals surface area contributed by atoms with E-state index >= 15 is 0 Å². The Morgan fingerprint density at radius 2 is 1.90 bits per heavy atom. The van der Waals surface area contributed by atoms with Gasteiger partial charge in [0.15, 0.2) is 5.13 Å². The van der Waals surface area contributed by atoms with Crippen molar-refractivity contribution < 1.29 is 14.0 Å². The number of aromatic nitrogens is 1. The number of carbonyl (C=O) groups excluding carboxylic acids is 2. The number of benzene rings is 2. The third-order valence-corrected chi connectivity index (χ3v) is 5.85. The summed E-state index contributed by atoms with van der Waals surface area (Å²) in [5.41, 5.74) is 2.79. The van der Waals surface area contributed by atoms with Crippen LogP contribution in [0, 0.1) is 5.82 Å². The number of rotatable bonds is 4. The maximum absolute atomic E-state index is 13.8. The first-order chi connectivity index (χ1) is 14.5. The Labute approximate surface area is 178 Å². The third-order valence-electron chi connectivity index (χ3n) is 5.05. The van der Waals surface area contributed by atoms with Crippen molar-refractivity contribution in [2.75, 3.05) is 30.4 Å². The van der Waals surface area contributed by atoms with Crippen molar-refractivity contribution in [3.8, 4) is 0 Å². The van der Waals surface area contributed by atoms with Crippen LogP contribution in [0.25, 0.3) is 0 Å². The zero-order chi connectivity index (χ0) is 21.1. The molecule has 0 saturated heterocycles. The molecule has 1 N–H and O–H groups in total. The van der Waals surface area contributed by atoms with Crippen LogP contribution in [0.5, 0.6) is 0 Å². The molecule has 2 amide bonds.